The highest BCUT2D eigenvalue weighted by atomic mass is 19.4. The van der Waals surface area contributed by atoms with Crippen LogP contribution in [0.2, 0.25) is 0 Å². The minimum absolute atomic E-state index is 0.0287. The van der Waals surface area contributed by atoms with Crippen LogP contribution < -0.4 is 19.1 Å². The normalized spacial score (nSPS) is 14.9. The first-order valence-electron chi connectivity index (χ1n) is 25.8. The van der Waals surface area contributed by atoms with Crippen molar-refractivity contribution in [2.75, 3.05) is 4.90 Å². The third-order valence-electron chi connectivity index (χ3n) is 15.3. The zero-order valence-electron chi connectivity index (χ0n) is 44.4. The number of halogens is 6. The number of esters is 2. The van der Waals surface area contributed by atoms with Crippen LogP contribution in [0.3, 0.4) is 0 Å². The van der Waals surface area contributed by atoms with E-state index in [0.29, 0.717) is 22.1 Å². The molecule has 3 heterocycles. The molecule has 12 rings (SSSR count). The largest absolute Gasteiger partial charge is 0.523 e. The maximum Gasteiger partial charge on any atom is 0.523 e. The Bertz CT molecular complexity index is 4140. The van der Waals surface area contributed by atoms with Gasteiger partial charge in [-0.15, -0.1) is 0 Å². The van der Waals surface area contributed by atoms with Crippen molar-refractivity contribution in [1.82, 2.24) is 4.90 Å². The molecule has 4 aliphatic rings. The van der Waals surface area contributed by atoms with Crippen molar-refractivity contribution < 1.29 is 69.3 Å². The zero-order chi connectivity index (χ0) is 58.3. The summed E-state index contributed by atoms with van der Waals surface area (Å²) in [7, 11) is 0. The van der Waals surface area contributed by atoms with E-state index in [1.807, 2.05) is 48.5 Å². The molecule has 0 saturated heterocycles. The average Bonchev–Trinajstić information content (AvgIpc) is 1.88. The number of hydrogen-bond acceptors (Lipinski definition) is 8. The van der Waals surface area contributed by atoms with Gasteiger partial charge in [0.15, 0.2) is 0 Å². The van der Waals surface area contributed by atoms with E-state index in [9.17, 15) is 55.1 Å². The van der Waals surface area contributed by atoms with Crippen molar-refractivity contribution in [3.8, 4) is 45.3 Å². The second-order valence-electron chi connectivity index (χ2n) is 22.4. The van der Waals surface area contributed by atoms with Gasteiger partial charge in [-0.1, -0.05) is 93.6 Å². The summed E-state index contributed by atoms with van der Waals surface area (Å²) in [5, 5.41) is 0. The van der Waals surface area contributed by atoms with Crippen molar-refractivity contribution in [1.29, 1.82) is 0 Å². The van der Waals surface area contributed by atoms with Crippen LogP contribution in [-0.4, -0.2) is 50.8 Å². The van der Waals surface area contributed by atoms with Gasteiger partial charge in [0.2, 0.25) is 0 Å². The molecular formula is C65H45F6N2O9+. The smallest absolute Gasteiger partial charge is 0.456 e. The summed E-state index contributed by atoms with van der Waals surface area (Å²) in [6.07, 6.45) is -10.3. The first-order chi connectivity index (χ1) is 38.7. The molecule has 0 fully saturated rings. The minimum atomic E-state index is -5.23. The molecule has 8 aromatic carbocycles. The van der Waals surface area contributed by atoms with Crippen molar-refractivity contribution in [2.45, 2.75) is 70.3 Å². The Morgan fingerprint density at radius 3 is 1.52 bits per heavy atom. The number of benzene rings is 8. The fraction of sp³-hybridized carbons (Fsp3) is 0.169. The number of anilines is 1. The quantitative estimate of drug-likeness (QED) is 0.0527. The second-order valence-corrected chi connectivity index (χ2v) is 22.4. The molecule has 8 aromatic rings. The van der Waals surface area contributed by atoms with Crippen LogP contribution in [0.1, 0.15) is 138 Å². The van der Waals surface area contributed by atoms with Gasteiger partial charge in [0.1, 0.15) is 22.8 Å². The van der Waals surface area contributed by atoms with Crippen LogP contribution in [0, 0.1) is 0 Å². The summed E-state index contributed by atoms with van der Waals surface area (Å²) >= 11 is 0. The third-order valence-corrected chi connectivity index (χ3v) is 15.3. The molecule has 17 heteroatoms. The molecule has 1 aliphatic carbocycles. The minimum Gasteiger partial charge on any atom is -0.456 e. The standard InChI is InChI=1S/C65H44F6N2O9/c1-61(2,3)35-17-23-41(51(29-35)64(66,67)68)42-24-18-36(30-52(42)65(69,70)71)72-55(74)43-21-15-33(27-45(43)56(72)75)59(78)80-37-19-25-49-53(31-37)82-54-32-38(81-60(79)34-16-22-44-46(28-34)58(77)73(57(44)76)62(4,5)6)20-26-50(54)63(49)47-13-9-7-11-39(47)40-12-8-10-14-48(40)63/h7-32H,1-6H3/p+1. The fourth-order valence-electron chi connectivity index (χ4n) is 11.5. The molecule has 11 nitrogen and oxygen atoms in total. The van der Waals surface area contributed by atoms with E-state index in [2.05, 4.69) is 0 Å². The van der Waals surface area contributed by atoms with Gasteiger partial charge in [0.25, 0.3) is 29.4 Å². The third kappa shape index (κ3) is 8.27. The first kappa shape index (κ1) is 53.0. The number of hydrogen-bond donors (Lipinski definition) is 0. The number of fused-ring (bicyclic) bond motifs is 11. The highest BCUT2D eigenvalue weighted by Crippen LogP contribution is 2.63. The number of alkyl halides is 6. The van der Waals surface area contributed by atoms with E-state index < -0.39 is 92.2 Å². The van der Waals surface area contributed by atoms with Crippen LogP contribution in [0.15, 0.2) is 158 Å². The Kier molecular flexibility index (Phi) is 11.8. The van der Waals surface area contributed by atoms with Gasteiger partial charge in [-0.3, -0.25) is 28.8 Å². The van der Waals surface area contributed by atoms with Crippen LogP contribution in [0.5, 0.6) is 23.0 Å². The zero-order valence-corrected chi connectivity index (χ0v) is 44.4. The van der Waals surface area contributed by atoms with Crippen molar-refractivity contribution in [2.24, 2.45) is 0 Å². The molecule has 1 spiro atoms. The van der Waals surface area contributed by atoms with Crippen LogP contribution in [-0.2, 0) is 23.2 Å². The molecule has 0 bridgehead atoms. The number of amides is 4. The molecule has 0 radical (unpaired) electrons. The highest BCUT2D eigenvalue weighted by molar-refractivity contribution is 6.35. The van der Waals surface area contributed by atoms with Gasteiger partial charge in [-0.05, 0) is 132 Å². The van der Waals surface area contributed by atoms with E-state index >= 15 is 0 Å². The lowest BCUT2D eigenvalue weighted by atomic mass is 9.66. The van der Waals surface area contributed by atoms with Crippen LogP contribution in [0.25, 0.3) is 22.3 Å². The molecule has 3 aliphatic heterocycles. The number of rotatable bonds is 6. The molecule has 410 valence electrons. The van der Waals surface area contributed by atoms with E-state index in [1.165, 1.54) is 42.5 Å². The number of carbonyl (C=O) groups is 5. The Morgan fingerprint density at radius 2 is 0.951 bits per heavy atom. The molecule has 0 unspecified atom stereocenters. The van der Waals surface area contributed by atoms with E-state index in [-0.39, 0.29) is 61.9 Å². The van der Waals surface area contributed by atoms with Crippen LogP contribution in [0.4, 0.5) is 32.0 Å². The van der Waals surface area contributed by atoms with Gasteiger partial charge in [-0.2, -0.15) is 26.3 Å². The van der Waals surface area contributed by atoms with Crippen molar-refractivity contribution in [3.05, 3.63) is 230 Å². The van der Waals surface area contributed by atoms with Gasteiger partial charge >= 0.3 is 24.3 Å². The van der Waals surface area contributed by atoms with Gasteiger partial charge < -0.3 is 14.3 Å². The Morgan fingerprint density at radius 1 is 0.476 bits per heavy atom. The maximum absolute atomic E-state index is 14.9. The monoisotopic (exact) mass is 1110 g/mol. The van der Waals surface area contributed by atoms with E-state index in [0.717, 1.165) is 57.5 Å². The lowest BCUT2D eigenvalue weighted by molar-refractivity contribution is -0.139. The molecule has 0 aromatic heterocycles. The molecule has 1 N–H and O–H groups in total. The Labute approximate surface area is 464 Å². The highest BCUT2D eigenvalue weighted by Gasteiger charge is 2.52. The Hall–Kier alpha value is -9.64. The average molecular weight is 1110 g/mol. The summed E-state index contributed by atoms with van der Waals surface area (Å²) in [5.41, 5.74) is -2.50. The van der Waals surface area contributed by atoms with Crippen molar-refractivity contribution in [3.63, 3.8) is 0 Å². The molecular weight excluding hydrogens is 1070 g/mol. The summed E-state index contributed by atoms with van der Waals surface area (Å²) in [6, 6.07) is 38.8. The lowest BCUT2D eigenvalue weighted by Gasteiger charge is -2.39. The summed E-state index contributed by atoms with van der Waals surface area (Å²) in [4.78, 5) is 81.5. The summed E-state index contributed by atoms with van der Waals surface area (Å²) < 4.78 is 107. The SMILES string of the molecule is CC(C)(C)c1ccc(-c2ccc(N3C(=O)c4ccc(C(=[OH+])Oc5ccc6c(c5)Oc5cc(OC(=O)c7ccc8c(c7)C(=O)N(C(C)(C)C)C8=O)ccc5C65c6ccccc6-c6ccccc65)cc4C3=O)cc2C(F)(F)F)c(C(F)(F)F)c1. The van der Waals surface area contributed by atoms with Crippen LogP contribution >= 0.6 is 0 Å². The predicted molar refractivity (Wildman–Crippen MR) is 290 cm³/mol. The molecule has 0 saturated carbocycles. The number of carbonyl (C=O) groups excluding carboxylic acids is 6. The van der Waals surface area contributed by atoms with Gasteiger partial charge in [0.05, 0.1) is 56.1 Å². The summed E-state index contributed by atoms with van der Waals surface area (Å²) in [6.45, 7) is 10.2. The number of ether oxygens (including phenoxy) is 3. The molecule has 4 amide bonds. The maximum atomic E-state index is 14.9. The van der Waals surface area contributed by atoms with E-state index in [4.69, 9.17) is 14.2 Å². The lowest BCUT2D eigenvalue weighted by Crippen LogP contribution is -2.45. The Balaban J connectivity index is 0.852. The second kappa shape index (κ2) is 18.2. The molecule has 0 atom stereocenters. The van der Waals surface area contributed by atoms with Gasteiger partial charge in [0, 0.05) is 28.8 Å². The molecule has 82 heavy (non-hydrogen) atoms. The van der Waals surface area contributed by atoms with Gasteiger partial charge in [-0.25, -0.2) is 9.69 Å². The fourth-order valence-corrected chi connectivity index (χ4v) is 11.5. The summed E-state index contributed by atoms with van der Waals surface area (Å²) in [5.74, 6) is -3.96. The topological polar surface area (TPSA) is 141 Å². The predicted octanol–water partition coefficient (Wildman–Crippen LogP) is 14.5. The number of imide groups is 2. The number of nitrogens with zero attached hydrogens (tertiary/aromatic N) is 2. The van der Waals surface area contributed by atoms with E-state index in [1.54, 1.807) is 71.9 Å². The first-order valence-corrected chi connectivity index (χ1v) is 25.8. The van der Waals surface area contributed by atoms with Crippen molar-refractivity contribution >= 4 is 41.3 Å².